The van der Waals surface area contributed by atoms with Crippen LogP contribution in [0.2, 0.25) is 0 Å². The van der Waals surface area contributed by atoms with Crippen LogP contribution in [-0.2, 0) is 0 Å². The zero-order valence-electron chi connectivity index (χ0n) is 7.01. The Bertz CT molecular complexity index is 339. The second-order valence-corrected chi connectivity index (χ2v) is 5.62. The topological polar surface area (TPSA) is 0 Å². The van der Waals surface area contributed by atoms with Crippen LogP contribution < -0.4 is 0 Å². The lowest BCUT2D eigenvalue weighted by Crippen LogP contribution is -1.76. The Morgan fingerprint density at radius 3 is 2.77 bits per heavy atom. The Morgan fingerprint density at radius 2 is 2.38 bits per heavy atom. The van der Waals surface area contributed by atoms with E-state index in [2.05, 4.69) is 56.1 Å². The van der Waals surface area contributed by atoms with Crippen LogP contribution in [0.25, 0.3) is 4.91 Å². The lowest BCUT2D eigenvalue weighted by atomic mass is 10.4. The van der Waals surface area contributed by atoms with Crippen LogP contribution in [0.5, 0.6) is 0 Å². The van der Waals surface area contributed by atoms with Crippen molar-refractivity contribution < 1.29 is 0 Å². The van der Waals surface area contributed by atoms with E-state index in [9.17, 15) is 0 Å². The molecular weight excluding hydrogens is 332 g/mol. The Hall–Kier alpha value is 0.490. The van der Waals surface area contributed by atoms with Gasteiger partial charge in [0.25, 0.3) is 0 Å². The van der Waals surface area contributed by atoms with Crippen molar-refractivity contribution in [2.45, 2.75) is 0 Å². The smallest absolute Gasteiger partial charge is 0.0559 e. The molecule has 1 heterocycles. The number of halogens is 2. The third-order valence-corrected chi connectivity index (χ3v) is 5.22. The summed E-state index contributed by atoms with van der Waals surface area (Å²) in [5, 5.41) is 2.07. The quantitative estimate of drug-likeness (QED) is 0.688. The van der Waals surface area contributed by atoms with Crippen LogP contribution in [0.4, 0.5) is 0 Å². The second kappa shape index (κ2) is 5.39. The van der Waals surface area contributed by atoms with Gasteiger partial charge in [-0.3, -0.25) is 0 Å². The first-order valence-electron chi connectivity index (χ1n) is 3.50. The fourth-order valence-corrected chi connectivity index (χ4v) is 4.29. The summed E-state index contributed by atoms with van der Waals surface area (Å²) < 4.78 is 2.18. The summed E-state index contributed by atoms with van der Waals surface area (Å²) in [5.74, 6) is 0. The minimum Gasteiger partial charge on any atom is -0.142 e. The van der Waals surface area contributed by atoms with E-state index < -0.39 is 0 Å². The number of hydrogen-bond donors (Lipinski definition) is 0. The predicted octanol–water partition coefficient (Wildman–Crippen LogP) is 5.12. The molecule has 0 saturated heterocycles. The lowest BCUT2D eigenvalue weighted by Gasteiger charge is -2.03. The molecule has 0 aliphatic rings. The summed E-state index contributed by atoms with van der Waals surface area (Å²) in [6.07, 6.45) is 3.88. The highest BCUT2D eigenvalue weighted by molar-refractivity contribution is 9.12. The van der Waals surface area contributed by atoms with Gasteiger partial charge in [0, 0.05) is 13.9 Å². The Balaban J connectivity index is 3.19. The molecule has 0 radical (unpaired) electrons. The largest absolute Gasteiger partial charge is 0.142 e. The van der Waals surface area contributed by atoms with Crippen molar-refractivity contribution in [1.82, 2.24) is 0 Å². The van der Waals surface area contributed by atoms with Crippen LogP contribution >= 0.6 is 55.0 Å². The van der Waals surface area contributed by atoms with Crippen molar-refractivity contribution in [3.63, 3.8) is 0 Å². The summed E-state index contributed by atoms with van der Waals surface area (Å²) in [5.41, 5.74) is 0. The summed E-state index contributed by atoms with van der Waals surface area (Å²) >= 11 is 10.4. The highest BCUT2D eigenvalue weighted by Crippen LogP contribution is 2.39. The highest BCUT2D eigenvalue weighted by Gasteiger charge is 2.09. The fourth-order valence-electron chi connectivity index (χ4n) is 0.847. The van der Waals surface area contributed by atoms with Gasteiger partial charge in [0.15, 0.2) is 0 Å². The number of rotatable bonds is 3. The molecule has 0 aromatic carbocycles. The maximum atomic E-state index is 3.74. The molecule has 13 heavy (non-hydrogen) atoms. The Labute approximate surface area is 103 Å². The van der Waals surface area contributed by atoms with Gasteiger partial charge in [-0.25, -0.2) is 0 Å². The van der Waals surface area contributed by atoms with Crippen LogP contribution in [0.1, 0.15) is 4.88 Å². The van der Waals surface area contributed by atoms with Crippen LogP contribution in [0.3, 0.4) is 0 Å². The van der Waals surface area contributed by atoms with Crippen molar-refractivity contribution in [3.05, 3.63) is 37.9 Å². The zero-order valence-corrected chi connectivity index (χ0v) is 11.8. The normalized spacial score (nSPS) is 12.5. The van der Waals surface area contributed by atoms with Crippen molar-refractivity contribution in [1.29, 1.82) is 0 Å². The summed E-state index contributed by atoms with van der Waals surface area (Å²) in [4.78, 5) is 2.47. The Morgan fingerprint density at radius 1 is 1.69 bits per heavy atom. The van der Waals surface area contributed by atoms with Gasteiger partial charge in [-0.15, -0.1) is 23.1 Å². The second-order valence-electron chi connectivity index (χ2n) is 2.18. The average Bonchev–Trinajstić information content (AvgIpc) is 2.53. The van der Waals surface area contributed by atoms with E-state index in [4.69, 9.17) is 0 Å². The van der Waals surface area contributed by atoms with Gasteiger partial charge in [0.1, 0.15) is 0 Å². The molecule has 1 aromatic heterocycles. The van der Waals surface area contributed by atoms with Crippen molar-refractivity contribution in [2.75, 3.05) is 6.26 Å². The average molecular weight is 340 g/mol. The van der Waals surface area contributed by atoms with Crippen molar-refractivity contribution >= 4 is 59.9 Å². The number of allylic oxidation sites excluding steroid dienone is 2. The van der Waals surface area contributed by atoms with Crippen LogP contribution in [0.15, 0.2) is 33.1 Å². The first-order chi connectivity index (χ1) is 6.20. The maximum Gasteiger partial charge on any atom is 0.0559 e. The molecule has 0 N–H and O–H groups in total. The molecule has 0 amide bonds. The van der Waals surface area contributed by atoms with Gasteiger partial charge in [-0.05, 0) is 49.6 Å². The molecule has 0 saturated carbocycles. The van der Waals surface area contributed by atoms with Gasteiger partial charge < -0.3 is 0 Å². The van der Waals surface area contributed by atoms with Gasteiger partial charge in [0.05, 0.1) is 4.88 Å². The first kappa shape index (κ1) is 11.6. The Kier molecular flexibility index (Phi) is 4.80. The molecule has 0 aliphatic heterocycles. The molecule has 0 aliphatic carbocycles. The van der Waals surface area contributed by atoms with Crippen LogP contribution in [-0.4, -0.2) is 6.26 Å². The van der Waals surface area contributed by atoms with Crippen molar-refractivity contribution in [3.8, 4) is 0 Å². The number of thioether (sulfide) groups is 1. The predicted molar refractivity (Wildman–Crippen MR) is 71.6 cm³/mol. The van der Waals surface area contributed by atoms with E-state index in [1.54, 1.807) is 23.1 Å². The molecule has 0 bridgehead atoms. The van der Waals surface area contributed by atoms with Crippen molar-refractivity contribution in [2.24, 2.45) is 0 Å². The highest BCUT2D eigenvalue weighted by atomic mass is 79.9. The minimum atomic E-state index is 1.04. The van der Waals surface area contributed by atoms with Gasteiger partial charge in [-0.1, -0.05) is 12.7 Å². The molecule has 0 fully saturated rings. The van der Waals surface area contributed by atoms with E-state index in [1.807, 2.05) is 6.08 Å². The molecule has 0 unspecified atom stereocenters. The third kappa shape index (κ3) is 2.72. The molecular formula is C9H8Br2S2. The first-order valence-corrected chi connectivity index (χ1v) is 7.19. The molecule has 0 nitrogen and oxygen atoms in total. The van der Waals surface area contributed by atoms with E-state index in [-0.39, 0.29) is 0 Å². The minimum absolute atomic E-state index is 1.04. The molecule has 0 atom stereocenters. The van der Waals surface area contributed by atoms with Gasteiger partial charge >= 0.3 is 0 Å². The number of hydrogen-bond acceptors (Lipinski definition) is 2. The maximum absolute atomic E-state index is 3.74. The van der Waals surface area contributed by atoms with E-state index in [1.165, 1.54) is 9.78 Å². The lowest BCUT2D eigenvalue weighted by molar-refractivity contribution is 1.81. The SMILES string of the molecule is C=C/C(Br)=C(\SC)c1sccc1Br. The molecule has 1 aromatic rings. The fraction of sp³-hybridized carbons (Fsp3) is 0.111. The molecule has 70 valence electrons. The standard InChI is InChI=1S/C9H8Br2S2/c1-3-6(10)8(12-2)9-7(11)4-5-13-9/h3-5H,1H2,2H3/b8-6+. The number of thiophene rings is 1. The van der Waals surface area contributed by atoms with E-state index in [0.717, 1.165) is 8.96 Å². The summed E-state index contributed by atoms with van der Waals surface area (Å²) in [6, 6.07) is 2.06. The van der Waals surface area contributed by atoms with Gasteiger partial charge in [-0.2, -0.15) is 0 Å². The molecule has 1 rings (SSSR count). The van der Waals surface area contributed by atoms with Gasteiger partial charge in [0.2, 0.25) is 0 Å². The van der Waals surface area contributed by atoms with E-state index >= 15 is 0 Å². The summed E-state index contributed by atoms with van der Waals surface area (Å²) in [6.45, 7) is 3.74. The third-order valence-electron chi connectivity index (χ3n) is 1.42. The van der Waals surface area contributed by atoms with Crippen LogP contribution in [0, 0.1) is 0 Å². The molecule has 0 spiro atoms. The molecule has 4 heteroatoms. The monoisotopic (exact) mass is 338 g/mol. The zero-order chi connectivity index (χ0) is 9.84. The summed E-state index contributed by atoms with van der Waals surface area (Å²) in [7, 11) is 0. The van der Waals surface area contributed by atoms with E-state index in [0.29, 0.717) is 0 Å².